The van der Waals surface area contributed by atoms with Crippen LogP contribution in [0.4, 0.5) is 5.82 Å². The molecule has 0 spiro atoms. The van der Waals surface area contributed by atoms with Gasteiger partial charge in [0.2, 0.25) is 0 Å². The van der Waals surface area contributed by atoms with Crippen LogP contribution in [0.1, 0.15) is 21.7 Å². The maximum atomic E-state index is 12.0. The summed E-state index contributed by atoms with van der Waals surface area (Å²) in [4.78, 5) is 16.7. The van der Waals surface area contributed by atoms with E-state index in [9.17, 15) is 4.79 Å². The van der Waals surface area contributed by atoms with Crippen molar-refractivity contribution in [1.82, 2.24) is 19.9 Å². The van der Waals surface area contributed by atoms with Gasteiger partial charge in [-0.2, -0.15) is 9.61 Å². The fraction of sp³-hybridized carbons (Fsp3) is 0.0800. The average molecular weight is 468 g/mol. The lowest BCUT2D eigenvalue weighted by atomic mass is 10.0. The number of amides is 1. The molecule has 3 aromatic heterocycles. The first kappa shape index (κ1) is 21.8. The Morgan fingerprint density at radius 3 is 2.53 bits per heavy atom. The summed E-state index contributed by atoms with van der Waals surface area (Å²) in [5.41, 5.74) is 4.61. The van der Waals surface area contributed by atoms with Crippen LogP contribution in [0.25, 0.3) is 16.9 Å². The van der Waals surface area contributed by atoms with E-state index in [-0.39, 0.29) is 5.91 Å². The Hall–Kier alpha value is -4.04. The van der Waals surface area contributed by atoms with Gasteiger partial charge in [0, 0.05) is 35.9 Å². The summed E-state index contributed by atoms with van der Waals surface area (Å²) in [6.45, 7) is 0.964. The zero-order valence-corrected chi connectivity index (χ0v) is 18.8. The van der Waals surface area contributed by atoms with Gasteiger partial charge in [-0.3, -0.25) is 4.79 Å². The van der Waals surface area contributed by atoms with Crippen molar-refractivity contribution in [2.75, 3.05) is 5.32 Å². The molecule has 0 saturated heterocycles. The summed E-state index contributed by atoms with van der Waals surface area (Å²) in [5.74, 6) is 0.788. The first-order valence-electron chi connectivity index (χ1n) is 10.6. The van der Waals surface area contributed by atoms with Crippen molar-refractivity contribution in [3.8, 4) is 11.3 Å². The predicted octanol–water partition coefficient (Wildman–Crippen LogP) is 3.98. The van der Waals surface area contributed by atoms with E-state index in [1.807, 2.05) is 54.6 Å². The highest BCUT2D eigenvalue weighted by Gasteiger charge is 2.12. The predicted molar refractivity (Wildman–Crippen MR) is 132 cm³/mol. The molecule has 3 heterocycles. The Morgan fingerprint density at radius 1 is 1.03 bits per heavy atom. The van der Waals surface area contributed by atoms with E-state index >= 15 is 0 Å². The van der Waals surface area contributed by atoms with Gasteiger partial charge in [-0.1, -0.05) is 54.1 Å². The summed E-state index contributed by atoms with van der Waals surface area (Å²) in [6.07, 6.45) is 3.05. The Morgan fingerprint density at radius 2 is 1.79 bits per heavy atom. The maximum Gasteiger partial charge on any atom is 0.287 e. The number of carbonyl (C=O) groups excluding carboxylic acids is 1. The molecule has 34 heavy (non-hydrogen) atoms. The number of fused-ring (bicyclic) bond motifs is 1. The van der Waals surface area contributed by atoms with Gasteiger partial charge in [0.1, 0.15) is 13.7 Å². The highest BCUT2D eigenvalue weighted by molar-refractivity contribution is 6.36. The number of rotatable bonds is 7. The summed E-state index contributed by atoms with van der Waals surface area (Å²) in [6, 6.07) is 20.7. The maximum absolute atomic E-state index is 12.0. The topological polar surface area (TPSA) is 84.5 Å². The molecular weight excluding hydrogens is 449 g/mol. The molecule has 0 unspecified atom stereocenters. The summed E-state index contributed by atoms with van der Waals surface area (Å²) >= 11 is 6.39. The SMILES string of the molecule is [B]c1cnn2c(NCc3ccc(CNC(=O)c4ccco4)cc3)cc(-c3ccccc3Cl)nc12. The van der Waals surface area contributed by atoms with E-state index in [0.29, 0.717) is 40.7 Å². The third-order valence-electron chi connectivity index (χ3n) is 5.34. The Bertz CT molecular complexity index is 1450. The second-order valence-corrected chi connectivity index (χ2v) is 8.08. The molecular formula is C25H19BClN5O2. The van der Waals surface area contributed by atoms with Gasteiger partial charge in [0.25, 0.3) is 5.91 Å². The van der Waals surface area contributed by atoms with E-state index in [1.165, 1.54) is 6.26 Å². The minimum absolute atomic E-state index is 0.245. The van der Waals surface area contributed by atoms with Crippen molar-refractivity contribution >= 4 is 42.3 Å². The first-order valence-corrected chi connectivity index (χ1v) is 11.0. The summed E-state index contributed by atoms with van der Waals surface area (Å²) < 4.78 is 6.78. The lowest BCUT2D eigenvalue weighted by Crippen LogP contribution is -2.22. The highest BCUT2D eigenvalue weighted by atomic mass is 35.5. The third-order valence-corrected chi connectivity index (χ3v) is 5.67. The molecule has 2 radical (unpaired) electrons. The van der Waals surface area contributed by atoms with Gasteiger partial charge in [-0.15, -0.1) is 0 Å². The number of halogens is 1. The van der Waals surface area contributed by atoms with Crippen LogP contribution in [-0.4, -0.2) is 28.4 Å². The van der Waals surface area contributed by atoms with Crippen LogP contribution in [0, 0.1) is 0 Å². The summed E-state index contributed by atoms with van der Waals surface area (Å²) in [5, 5.41) is 11.2. The van der Waals surface area contributed by atoms with E-state index in [0.717, 1.165) is 22.5 Å². The second kappa shape index (κ2) is 9.45. The largest absolute Gasteiger partial charge is 0.459 e. The van der Waals surface area contributed by atoms with E-state index in [4.69, 9.17) is 23.9 Å². The van der Waals surface area contributed by atoms with Crippen LogP contribution in [0.3, 0.4) is 0 Å². The number of benzene rings is 2. The van der Waals surface area contributed by atoms with Crippen LogP contribution in [0.15, 0.2) is 83.6 Å². The summed E-state index contributed by atoms with van der Waals surface area (Å²) in [7, 11) is 6.09. The van der Waals surface area contributed by atoms with E-state index in [2.05, 4.69) is 20.7 Å². The van der Waals surface area contributed by atoms with Crippen molar-refractivity contribution in [2.24, 2.45) is 0 Å². The van der Waals surface area contributed by atoms with Crippen molar-refractivity contribution < 1.29 is 9.21 Å². The standard InChI is InChI=1S/C25H19BClN5O2/c26-19-15-30-32-23(12-21(31-24(19)32)18-4-1-2-5-20(18)27)28-13-16-7-9-17(10-8-16)14-29-25(33)22-6-3-11-34-22/h1-12,15,28H,13-14H2,(H,29,33). The van der Waals surface area contributed by atoms with Crippen molar-refractivity contribution in [1.29, 1.82) is 0 Å². The zero-order valence-electron chi connectivity index (χ0n) is 18.0. The number of carbonyl (C=O) groups is 1. The monoisotopic (exact) mass is 467 g/mol. The van der Waals surface area contributed by atoms with Crippen molar-refractivity contribution in [3.63, 3.8) is 0 Å². The number of hydrogen-bond acceptors (Lipinski definition) is 5. The quantitative estimate of drug-likeness (QED) is 0.354. The van der Waals surface area contributed by atoms with Crippen LogP contribution in [0.5, 0.6) is 0 Å². The fourth-order valence-electron chi connectivity index (χ4n) is 3.56. The molecule has 5 rings (SSSR count). The second-order valence-electron chi connectivity index (χ2n) is 7.67. The molecule has 166 valence electrons. The number of nitrogens with one attached hydrogen (secondary N) is 2. The Balaban J connectivity index is 1.31. The molecule has 9 heteroatoms. The Kier molecular flexibility index (Phi) is 6.06. The first-order chi connectivity index (χ1) is 16.6. The number of anilines is 1. The molecule has 0 fully saturated rings. The highest BCUT2D eigenvalue weighted by Crippen LogP contribution is 2.28. The van der Waals surface area contributed by atoms with Crippen LogP contribution in [0.2, 0.25) is 5.02 Å². The molecule has 5 aromatic rings. The number of furan rings is 1. The number of nitrogens with zero attached hydrogens (tertiary/aromatic N) is 3. The molecule has 0 aliphatic carbocycles. The zero-order chi connectivity index (χ0) is 23.5. The Labute approximate surface area is 202 Å². The fourth-order valence-corrected chi connectivity index (χ4v) is 3.79. The lowest BCUT2D eigenvalue weighted by Gasteiger charge is -2.12. The van der Waals surface area contributed by atoms with Crippen molar-refractivity contribution in [2.45, 2.75) is 13.1 Å². The molecule has 7 nitrogen and oxygen atoms in total. The minimum atomic E-state index is -0.245. The molecule has 2 N–H and O–H groups in total. The molecule has 0 saturated carbocycles. The van der Waals surface area contributed by atoms with Crippen LogP contribution >= 0.6 is 11.6 Å². The van der Waals surface area contributed by atoms with Gasteiger partial charge in [0.15, 0.2) is 11.4 Å². The van der Waals surface area contributed by atoms with Gasteiger partial charge in [0.05, 0.1) is 12.0 Å². The molecule has 0 bridgehead atoms. The lowest BCUT2D eigenvalue weighted by molar-refractivity contribution is 0.0923. The van der Waals surface area contributed by atoms with Crippen LogP contribution < -0.4 is 16.1 Å². The normalized spacial score (nSPS) is 11.0. The van der Waals surface area contributed by atoms with E-state index < -0.39 is 0 Å². The molecule has 2 aromatic carbocycles. The molecule has 1 amide bonds. The van der Waals surface area contributed by atoms with Crippen molar-refractivity contribution in [3.05, 3.63) is 101 Å². The smallest absolute Gasteiger partial charge is 0.287 e. The minimum Gasteiger partial charge on any atom is -0.459 e. The molecule has 0 aliphatic heterocycles. The van der Waals surface area contributed by atoms with Gasteiger partial charge in [-0.25, -0.2) is 4.98 Å². The average Bonchev–Trinajstić information content (AvgIpc) is 3.53. The van der Waals surface area contributed by atoms with Gasteiger partial charge in [-0.05, 0) is 34.8 Å². The number of aromatic nitrogens is 3. The third kappa shape index (κ3) is 4.53. The van der Waals surface area contributed by atoms with E-state index in [1.54, 1.807) is 22.8 Å². The van der Waals surface area contributed by atoms with Gasteiger partial charge < -0.3 is 15.1 Å². The molecule has 0 atom stereocenters. The van der Waals surface area contributed by atoms with Crippen LogP contribution in [-0.2, 0) is 13.1 Å². The molecule has 0 aliphatic rings. The van der Waals surface area contributed by atoms with Gasteiger partial charge >= 0.3 is 0 Å². The number of hydrogen-bond donors (Lipinski definition) is 2.